The fourth-order valence-corrected chi connectivity index (χ4v) is 12.3. The number of rotatable bonds is 7. The molecule has 0 amide bonds. The first kappa shape index (κ1) is 34.3. The first-order chi connectivity index (χ1) is 28.7. The SMILES string of the molecule is O=P(c1ccccc1)(c1ccccc1)c1ccc(C2(c3ccccc3-c3ccc(-c4cccc5c4[nH]c4ccccc45)cc3)c3ccccc3-c3ccccc32)cc1. The molecule has 58 heavy (non-hydrogen) atoms. The van der Waals surface area contributed by atoms with Crippen LogP contribution in [0.4, 0.5) is 0 Å². The van der Waals surface area contributed by atoms with Crippen LogP contribution in [0.15, 0.2) is 224 Å². The van der Waals surface area contributed by atoms with Crippen LogP contribution in [0.25, 0.3) is 55.2 Å². The van der Waals surface area contributed by atoms with Gasteiger partial charge in [-0.3, -0.25) is 0 Å². The number of fused-ring (bicyclic) bond motifs is 6. The fourth-order valence-electron chi connectivity index (χ4n) is 9.64. The summed E-state index contributed by atoms with van der Waals surface area (Å²) in [7, 11) is -3.17. The van der Waals surface area contributed by atoms with Gasteiger partial charge in [0.15, 0.2) is 7.14 Å². The lowest BCUT2D eigenvalue weighted by Crippen LogP contribution is -2.30. The van der Waals surface area contributed by atoms with Crippen molar-refractivity contribution in [3.05, 3.63) is 247 Å². The van der Waals surface area contributed by atoms with Gasteiger partial charge < -0.3 is 9.55 Å². The second-order valence-electron chi connectivity index (χ2n) is 15.2. The highest BCUT2D eigenvalue weighted by molar-refractivity contribution is 7.85. The van der Waals surface area contributed by atoms with Crippen LogP contribution in [0.1, 0.15) is 22.3 Å². The fraction of sp³-hybridized carbons (Fsp3) is 0.0182. The molecule has 2 nitrogen and oxygen atoms in total. The molecular formula is C55H38NOP. The highest BCUT2D eigenvalue weighted by atomic mass is 31.2. The van der Waals surface area contributed by atoms with E-state index in [1.54, 1.807) is 0 Å². The summed E-state index contributed by atoms with van der Waals surface area (Å²) in [6.07, 6.45) is 0. The van der Waals surface area contributed by atoms with Crippen LogP contribution in [-0.2, 0) is 9.98 Å². The molecule has 0 radical (unpaired) electrons. The van der Waals surface area contributed by atoms with E-state index in [1.807, 2.05) is 60.7 Å². The van der Waals surface area contributed by atoms with E-state index >= 15 is 4.57 Å². The molecule has 1 aliphatic carbocycles. The molecule has 1 N–H and O–H groups in total. The van der Waals surface area contributed by atoms with Crippen molar-refractivity contribution in [2.75, 3.05) is 0 Å². The number of aromatic nitrogens is 1. The molecular weight excluding hydrogens is 722 g/mol. The third kappa shape index (κ3) is 5.09. The van der Waals surface area contributed by atoms with Crippen molar-refractivity contribution in [2.45, 2.75) is 5.41 Å². The molecule has 0 aliphatic heterocycles. The number of aromatic amines is 1. The van der Waals surface area contributed by atoms with Crippen molar-refractivity contribution < 1.29 is 4.57 Å². The maximum absolute atomic E-state index is 15.5. The number of hydrogen-bond donors (Lipinski definition) is 1. The maximum atomic E-state index is 15.5. The Bertz CT molecular complexity index is 3090. The summed E-state index contributed by atoms with van der Waals surface area (Å²) in [5.74, 6) is 0. The maximum Gasteiger partial charge on any atom is 0.171 e. The molecule has 274 valence electrons. The lowest BCUT2D eigenvalue weighted by Gasteiger charge is -2.36. The van der Waals surface area contributed by atoms with Crippen molar-refractivity contribution in [1.29, 1.82) is 0 Å². The number of H-pyrrole nitrogens is 1. The standard InChI is InChI=1S/C55H38NOP/c57-58(41-16-3-1-4-17-41,42-18-5-2-6-19-42)43-36-34-40(35-37-43)55(51-27-12-8-21-46(51)47-22-9-13-28-52(47)55)50-26-11-7-20-44(50)38-30-32-39(33-31-38)45-24-15-25-49-48-23-10-14-29-53(48)56-54(45)49/h1-37,56H. The number of hydrogen-bond acceptors (Lipinski definition) is 1. The summed E-state index contributed by atoms with van der Waals surface area (Å²) in [5.41, 5.74) is 13.6. The molecule has 0 saturated heterocycles. The third-order valence-corrected chi connectivity index (χ3v) is 15.3. The molecule has 0 saturated carbocycles. The lowest BCUT2D eigenvalue weighted by molar-refractivity contribution is 0.592. The normalized spacial score (nSPS) is 13.0. The van der Waals surface area contributed by atoms with Gasteiger partial charge in [0.25, 0.3) is 0 Å². The van der Waals surface area contributed by atoms with E-state index in [9.17, 15) is 0 Å². The van der Waals surface area contributed by atoms with E-state index in [0.717, 1.165) is 38.1 Å². The molecule has 1 aromatic heterocycles. The Balaban J connectivity index is 1.10. The number of nitrogens with one attached hydrogen (secondary N) is 1. The average Bonchev–Trinajstić information content (AvgIpc) is 3.84. The summed E-state index contributed by atoms with van der Waals surface area (Å²) >= 11 is 0. The summed E-state index contributed by atoms with van der Waals surface area (Å²) < 4.78 is 15.5. The zero-order valence-electron chi connectivity index (χ0n) is 31.7. The van der Waals surface area contributed by atoms with Crippen LogP contribution in [0.5, 0.6) is 0 Å². The zero-order valence-corrected chi connectivity index (χ0v) is 32.6. The second kappa shape index (κ2) is 13.6. The smallest absolute Gasteiger partial charge is 0.171 e. The Kier molecular flexibility index (Phi) is 8.03. The second-order valence-corrected chi connectivity index (χ2v) is 18.0. The van der Waals surface area contributed by atoms with E-state index in [4.69, 9.17) is 0 Å². The van der Waals surface area contributed by atoms with Crippen molar-refractivity contribution in [2.24, 2.45) is 0 Å². The third-order valence-electron chi connectivity index (χ3n) is 12.2. The largest absolute Gasteiger partial charge is 0.354 e. The Labute approximate surface area is 338 Å². The minimum atomic E-state index is -3.17. The van der Waals surface area contributed by atoms with Crippen LogP contribution in [0.3, 0.4) is 0 Å². The minimum absolute atomic E-state index is 0.638. The van der Waals surface area contributed by atoms with Crippen molar-refractivity contribution in [3.8, 4) is 33.4 Å². The van der Waals surface area contributed by atoms with Gasteiger partial charge in [-0.15, -0.1) is 0 Å². The highest BCUT2D eigenvalue weighted by Crippen LogP contribution is 2.58. The molecule has 0 atom stereocenters. The van der Waals surface area contributed by atoms with E-state index in [2.05, 4.69) is 169 Å². The van der Waals surface area contributed by atoms with Crippen molar-refractivity contribution in [1.82, 2.24) is 4.98 Å². The summed E-state index contributed by atoms with van der Waals surface area (Å²) in [4.78, 5) is 3.69. The molecule has 11 rings (SSSR count). The van der Waals surface area contributed by atoms with Gasteiger partial charge in [-0.05, 0) is 56.1 Å². The summed E-state index contributed by atoms with van der Waals surface area (Å²) in [6.45, 7) is 0. The zero-order chi connectivity index (χ0) is 38.7. The quantitative estimate of drug-likeness (QED) is 0.161. The first-order valence-corrected chi connectivity index (χ1v) is 21.6. The molecule has 0 fully saturated rings. The number of benzene rings is 9. The van der Waals surface area contributed by atoms with Gasteiger partial charge in [0.05, 0.1) is 10.9 Å². The minimum Gasteiger partial charge on any atom is -0.354 e. The average molecular weight is 760 g/mol. The summed E-state index contributed by atoms with van der Waals surface area (Å²) in [6, 6.07) is 79.3. The molecule has 3 heteroatoms. The number of para-hydroxylation sites is 2. The molecule has 1 aliphatic rings. The van der Waals surface area contributed by atoms with Crippen LogP contribution < -0.4 is 15.9 Å². The van der Waals surface area contributed by atoms with Gasteiger partial charge in [0.2, 0.25) is 0 Å². The van der Waals surface area contributed by atoms with Gasteiger partial charge in [-0.2, -0.15) is 0 Å². The molecule has 0 unspecified atom stereocenters. The topological polar surface area (TPSA) is 32.9 Å². The predicted octanol–water partition coefficient (Wildman–Crippen LogP) is 12.7. The first-order valence-electron chi connectivity index (χ1n) is 19.9. The van der Waals surface area contributed by atoms with Crippen LogP contribution in [0.2, 0.25) is 0 Å². The van der Waals surface area contributed by atoms with Gasteiger partial charge >= 0.3 is 0 Å². The van der Waals surface area contributed by atoms with Gasteiger partial charge in [0, 0.05) is 37.8 Å². The molecule has 9 aromatic carbocycles. The van der Waals surface area contributed by atoms with Gasteiger partial charge in [0.1, 0.15) is 0 Å². The van der Waals surface area contributed by atoms with Crippen LogP contribution >= 0.6 is 7.14 Å². The molecule has 1 heterocycles. The Morgan fingerprint density at radius 1 is 0.345 bits per heavy atom. The van der Waals surface area contributed by atoms with E-state index in [0.29, 0.717) is 0 Å². The van der Waals surface area contributed by atoms with Crippen molar-refractivity contribution >= 4 is 44.9 Å². The van der Waals surface area contributed by atoms with E-state index < -0.39 is 12.6 Å². The predicted molar refractivity (Wildman–Crippen MR) is 243 cm³/mol. The Hall–Kier alpha value is -6.99. The van der Waals surface area contributed by atoms with E-state index in [1.165, 1.54) is 55.3 Å². The molecule has 10 aromatic rings. The van der Waals surface area contributed by atoms with Gasteiger partial charge in [-0.1, -0.05) is 218 Å². The Morgan fingerprint density at radius 2 is 0.776 bits per heavy atom. The van der Waals surface area contributed by atoms with E-state index in [-0.39, 0.29) is 0 Å². The molecule has 0 spiro atoms. The Morgan fingerprint density at radius 3 is 1.38 bits per heavy atom. The monoisotopic (exact) mass is 759 g/mol. The van der Waals surface area contributed by atoms with Crippen molar-refractivity contribution in [3.63, 3.8) is 0 Å². The molecule has 0 bridgehead atoms. The van der Waals surface area contributed by atoms with Crippen LogP contribution in [0, 0.1) is 0 Å². The van der Waals surface area contributed by atoms with Crippen LogP contribution in [-0.4, -0.2) is 4.98 Å². The highest BCUT2D eigenvalue weighted by Gasteiger charge is 2.47. The van der Waals surface area contributed by atoms with Gasteiger partial charge in [-0.25, -0.2) is 0 Å². The summed E-state index contributed by atoms with van der Waals surface area (Å²) in [5, 5.41) is 4.95. The lowest BCUT2D eigenvalue weighted by atomic mass is 9.66.